The van der Waals surface area contributed by atoms with Gasteiger partial charge in [0.15, 0.2) is 16.4 Å². The first-order valence-corrected chi connectivity index (χ1v) is 11.8. The van der Waals surface area contributed by atoms with Crippen LogP contribution in [0.4, 0.5) is 18.9 Å². The monoisotopic (exact) mass is 464 g/mol. The van der Waals surface area contributed by atoms with Crippen LogP contribution in [0.3, 0.4) is 0 Å². The fraction of sp³-hybridized carbons (Fsp3) is 0.632. The van der Waals surface area contributed by atoms with Gasteiger partial charge in [0.1, 0.15) is 11.3 Å². The van der Waals surface area contributed by atoms with E-state index in [1.54, 1.807) is 0 Å². The summed E-state index contributed by atoms with van der Waals surface area (Å²) < 4.78 is 69.0. The number of rotatable bonds is 6. The molecule has 3 rings (SSSR count). The molecular formula is C19H23F3N2O6S. The summed E-state index contributed by atoms with van der Waals surface area (Å²) in [6.45, 7) is -0.714. The van der Waals surface area contributed by atoms with E-state index in [1.807, 2.05) is 0 Å². The van der Waals surface area contributed by atoms with Crippen molar-refractivity contribution in [3.05, 3.63) is 33.9 Å². The number of hydrogen-bond donors (Lipinski definition) is 0. The highest BCUT2D eigenvalue weighted by atomic mass is 32.2. The fourth-order valence-corrected chi connectivity index (χ4v) is 5.96. The van der Waals surface area contributed by atoms with Crippen LogP contribution in [0.1, 0.15) is 44.1 Å². The van der Waals surface area contributed by atoms with Crippen molar-refractivity contribution in [3.63, 3.8) is 0 Å². The van der Waals surface area contributed by atoms with E-state index in [9.17, 15) is 36.5 Å². The molecule has 1 unspecified atom stereocenters. The van der Waals surface area contributed by atoms with Gasteiger partial charge >= 0.3 is 6.18 Å². The molecule has 172 valence electrons. The Morgan fingerprint density at radius 1 is 1.16 bits per heavy atom. The molecule has 1 heterocycles. The number of sulfone groups is 1. The summed E-state index contributed by atoms with van der Waals surface area (Å²) >= 11 is 0. The molecule has 1 saturated carbocycles. The maximum absolute atomic E-state index is 13.3. The number of non-ortho nitro benzene ring substituents is 1. The molecule has 1 aromatic carbocycles. The second kappa shape index (κ2) is 9.01. The zero-order valence-electron chi connectivity index (χ0n) is 16.6. The van der Waals surface area contributed by atoms with Crippen LogP contribution in [0.2, 0.25) is 0 Å². The topological polar surface area (TPSA) is 107 Å². The molecule has 2 fully saturated rings. The van der Waals surface area contributed by atoms with Gasteiger partial charge in [-0.25, -0.2) is 8.42 Å². The second-order valence-electron chi connectivity index (χ2n) is 7.87. The van der Waals surface area contributed by atoms with Gasteiger partial charge in [-0.15, -0.1) is 0 Å². The van der Waals surface area contributed by atoms with E-state index >= 15 is 0 Å². The minimum Gasteiger partial charge on any atom is -0.483 e. The van der Waals surface area contributed by atoms with Crippen LogP contribution in [0, 0.1) is 10.1 Å². The average molecular weight is 464 g/mol. The molecule has 0 N–H and O–H groups in total. The molecule has 2 aliphatic rings. The van der Waals surface area contributed by atoms with Crippen molar-refractivity contribution in [3.8, 4) is 5.75 Å². The first-order chi connectivity index (χ1) is 14.5. The Morgan fingerprint density at radius 2 is 1.84 bits per heavy atom. The van der Waals surface area contributed by atoms with Crippen LogP contribution < -0.4 is 4.74 Å². The van der Waals surface area contributed by atoms with Crippen molar-refractivity contribution in [1.29, 1.82) is 0 Å². The van der Waals surface area contributed by atoms with Crippen molar-refractivity contribution in [2.45, 2.75) is 56.8 Å². The van der Waals surface area contributed by atoms with Crippen LogP contribution in [0.15, 0.2) is 18.2 Å². The van der Waals surface area contributed by atoms with Gasteiger partial charge in [-0.05, 0) is 25.3 Å². The number of amides is 1. The number of alkyl halides is 3. The Kier molecular flexibility index (Phi) is 6.77. The zero-order chi connectivity index (χ0) is 22.8. The molecule has 1 amide bonds. The maximum Gasteiger partial charge on any atom is 0.420 e. The summed E-state index contributed by atoms with van der Waals surface area (Å²) in [6, 6.07) is 1.35. The minimum absolute atomic E-state index is 0.0321. The highest BCUT2D eigenvalue weighted by Gasteiger charge is 2.40. The Balaban J connectivity index is 1.80. The number of halogens is 3. The standard InChI is InChI=1S/C19H23F3N2O6S/c20-19(21,22)16-10-14(24(26)27)6-7-17(16)30-11-18(25)23(13-4-2-1-3-5-13)15-8-9-31(28,29)12-15/h6-7,10,13,15H,1-5,8-9,11-12H2. The number of carbonyl (C=O) groups is 1. The van der Waals surface area contributed by atoms with E-state index in [2.05, 4.69) is 0 Å². The molecule has 1 atom stereocenters. The second-order valence-corrected chi connectivity index (χ2v) is 10.1. The van der Waals surface area contributed by atoms with Crippen LogP contribution in [-0.4, -0.2) is 54.3 Å². The van der Waals surface area contributed by atoms with Crippen molar-refractivity contribution >= 4 is 21.4 Å². The molecule has 1 saturated heterocycles. The lowest BCUT2D eigenvalue weighted by Crippen LogP contribution is -2.50. The Hall–Kier alpha value is -2.37. The molecule has 12 heteroatoms. The third kappa shape index (κ3) is 5.66. The normalized spacial score (nSPS) is 21.6. The number of benzene rings is 1. The largest absolute Gasteiger partial charge is 0.483 e. The number of nitro groups is 1. The van der Waals surface area contributed by atoms with Gasteiger partial charge in [0.05, 0.1) is 16.4 Å². The summed E-state index contributed by atoms with van der Waals surface area (Å²) in [6.07, 6.45) is -0.440. The van der Waals surface area contributed by atoms with Crippen LogP contribution in [0.5, 0.6) is 5.75 Å². The van der Waals surface area contributed by atoms with Crippen LogP contribution in [0.25, 0.3) is 0 Å². The van der Waals surface area contributed by atoms with Gasteiger partial charge in [-0.1, -0.05) is 19.3 Å². The van der Waals surface area contributed by atoms with Crippen molar-refractivity contribution in [1.82, 2.24) is 4.90 Å². The summed E-state index contributed by atoms with van der Waals surface area (Å²) in [5.41, 5.74) is -2.09. The molecule has 0 bridgehead atoms. The molecule has 31 heavy (non-hydrogen) atoms. The van der Waals surface area contributed by atoms with Crippen molar-refractivity contribution in [2.24, 2.45) is 0 Å². The lowest BCUT2D eigenvalue weighted by Gasteiger charge is -2.38. The van der Waals surface area contributed by atoms with Gasteiger partial charge < -0.3 is 9.64 Å². The highest BCUT2D eigenvalue weighted by Crippen LogP contribution is 2.38. The molecule has 1 aliphatic carbocycles. The summed E-state index contributed by atoms with van der Waals surface area (Å²) in [7, 11) is -3.27. The first kappa shape index (κ1) is 23.3. The third-order valence-corrected chi connectivity index (χ3v) is 7.44. The SMILES string of the molecule is O=C(COc1ccc([N+](=O)[O-])cc1C(F)(F)F)N(C1CCCCC1)C1CCS(=O)(=O)C1. The third-order valence-electron chi connectivity index (χ3n) is 5.69. The minimum atomic E-state index is -4.91. The Morgan fingerprint density at radius 3 is 2.39 bits per heavy atom. The molecule has 1 aliphatic heterocycles. The number of carbonyl (C=O) groups excluding carboxylic acids is 1. The lowest BCUT2D eigenvalue weighted by atomic mass is 9.93. The molecular weight excluding hydrogens is 441 g/mol. The van der Waals surface area contributed by atoms with Crippen LogP contribution in [-0.2, 0) is 20.8 Å². The maximum atomic E-state index is 13.3. The molecule has 0 radical (unpaired) electrons. The van der Waals surface area contributed by atoms with Gasteiger partial charge in [-0.3, -0.25) is 14.9 Å². The van der Waals surface area contributed by atoms with Gasteiger partial charge in [-0.2, -0.15) is 13.2 Å². The summed E-state index contributed by atoms with van der Waals surface area (Å²) in [5.74, 6) is -1.47. The number of hydrogen-bond acceptors (Lipinski definition) is 6. The first-order valence-electron chi connectivity index (χ1n) is 9.98. The van der Waals surface area contributed by atoms with E-state index in [-0.39, 0.29) is 24.0 Å². The Bertz CT molecular complexity index is 944. The van der Waals surface area contributed by atoms with E-state index in [0.29, 0.717) is 18.9 Å². The number of nitro benzene ring substituents is 1. The highest BCUT2D eigenvalue weighted by molar-refractivity contribution is 7.91. The molecule has 0 aromatic heterocycles. The van der Waals surface area contributed by atoms with E-state index in [4.69, 9.17) is 4.74 Å². The lowest BCUT2D eigenvalue weighted by molar-refractivity contribution is -0.385. The Labute approximate surface area is 177 Å². The fourth-order valence-electron chi connectivity index (χ4n) is 4.25. The quantitative estimate of drug-likeness (QED) is 0.472. The van der Waals surface area contributed by atoms with E-state index < -0.39 is 56.5 Å². The number of nitrogens with zero attached hydrogens (tertiary/aromatic N) is 2. The number of ether oxygens (including phenoxy) is 1. The summed E-state index contributed by atoms with van der Waals surface area (Å²) in [5, 5.41) is 10.8. The smallest absolute Gasteiger partial charge is 0.420 e. The van der Waals surface area contributed by atoms with Crippen molar-refractivity contribution in [2.75, 3.05) is 18.1 Å². The van der Waals surface area contributed by atoms with Crippen LogP contribution >= 0.6 is 0 Å². The van der Waals surface area contributed by atoms with Gasteiger partial charge in [0.25, 0.3) is 11.6 Å². The zero-order valence-corrected chi connectivity index (χ0v) is 17.5. The average Bonchev–Trinajstić information content (AvgIpc) is 3.05. The van der Waals surface area contributed by atoms with Gasteiger partial charge in [0.2, 0.25) is 0 Å². The van der Waals surface area contributed by atoms with E-state index in [0.717, 1.165) is 31.4 Å². The van der Waals surface area contributed by atoms with Gasteiger partial charge in [0, 0.05) is 24.2 Å². The summed E-state index contributed by atoms with van der Waals surface area (Å²) in [4.78, 5) is 24.3. The molecule has 1 aromatic rings. The molecule has 0 spiro atoms. The predicted molar refractivity (Wildman–Crippen MR) is 104 cm³/mol. The van der Waals surface area contributed by atoms with Crippen molar-refractivity contribution < 1.29 is 36.0 Å². The predicted octanol–water partition coefficient (Wildman–Crippen LogP) is 3.34. The van der Waals surface area contributed by atoms with E-state index in [1.165, 1.54) is 4.90 Å². The molecule has 8 nitrogen and oxygen atoms in total.